The summed E-state index contributed by atoms with van der Waals surface area (Å²) in [4.78, 5) is 11.5. The Hall–Kier alpha value is -0.680. The molecule has 0 radical (unpaired) electrons. The molecule has 0 aromatic heterocycles. The molecule has 1 aromatic carbocycles. The van der Waals surface area contributed by atoms with Gasteiger partial charge in [-0.2, -0.15) is 0 Å². The van der Waals surface area contributed by atoms with Crippen molar-refractivity contribution in [3.8, 4) is 0 Å². The summed E-state index contributed by atoms with van der Waals surface area (Å²) in [6.45, 7) is 1.85. The highest BCUT2D eigenvalue weighted by molar-refractivity contribution is 9.10. The molecule has 0 unspecified atom stereocenters. The van der Waals surface area contributed by atoms with Crippen LogP contribution in [-0.4, -0.2) is 20.0 Å². The molecule has 0 aliphatic carbocycles. The minimum Gasteiger partial charge on any atom is -0.299 e. The van der Waals surface area contributed by atoms with E-state index in [2.05, 4.69) is 15.9 Å². The van der Waals surface area contributed by atoms with E-state index >= 15 is 0 Å². The highest BCUT2D eigenvalue weighted by atomic mass is 79.9. The number of Topliss-reactive ketones (excluding diaryl/α,β-unsaturated/α-hetero) is 1. The van der Waals surface area contributed by atoms with Crippen LogP contribution in [0.2, 0.25) is 0 Å². The molecular formula is C11H13BrO3S. The summed E-state index contributed by atoms with van der Waals surface area (Å²) < 4.78 is 24.3. The van der Waals surface area contributed by atoms with Crippen LogP contribution in [0, 0.1) is 0 Å². The van der Waals surface area contributed by atoms with E-state index in [9.17, 15) is 13.2 Å². The third kappa shape index (κ3) is 3.42. The van der Waals surface area contributed by atoms with Crippen LogP contribution in [0.3, 0.4) is 0 Å². The van der Waals surface area contributed by atoms with Gasteiger partial charge in [-0.25, -0.2) is 8.42 Å². The minimum absolute atomic E-state index is 0.180. The highest BCUT2D eigenvalue weighted by Crippen LogP contribution is 2.22. The van der Waals surface area contributed by atoms with Crippen LogP contribution in [0.5, 0.6) is 0 Å². The maximum Gasteiger partial charge on any atom is 0.186 e. The molecule has 0 saturated heterocycles. The molecule has 0 saturated carbocycles. The average Bonchev–Trinajstić information content (AvgIpc) is 2.17. The molecule has 0 fully saturated rings. The van der Waals surface area contributed by atoms with Crippen molar-refractivity contribution < 1.29 is 13.2 Å². The van der Waals surface area contributed by atoms with E-state index in [0.717, 1.165) is 0 Å². The topological polar surface area (TPSA) is 51.2 Å². The molecule has 0 atom stereocenters. The number of sulfone groups is 1. The van der Waals surface area contributed by atoms with E-state index < -0.39 is 15.6 Å². The Morgan fingerprint density at radius 1 is 1.31 bits per heavy atom. The van der Waals surface area contributed by atoms with Gasteiger partial charge >= 0.3 is 0 Å². The van der Waals surface area contributed by atoms with Gasteiger partial charge in [0.1, 0.15) is 11.5 Å². The van der Waals surface area contributed by atoms with Crippen molar-refractivity contribution in [2.75, 3.05) is 5.75 Å². The summed E-state index contributed by atoms with van der Waals surface area (Å²) in [6, 6.07) is 6.52. The Kier molecular flexibility index (Phi) is 4.68. The second kappa shape index (κ2) is 5.59. The Balaban J connectivity index is 2.95. The van der Waals surface area contributed by atoms with Gasteiger partial charge in [0.15, 0.2) is 9.84 Å². The summed E-state index contributed by atoms with van der Waals surface area (Å²) >= 11 is 3.17. The Morgan fingerprint density at radius 3 is 2.50 bits per heavy atom. The molecule has 0 aliphatic rings. The van der Waals surface area contributed by atoms with E-state index in [-0.39, 0.29) is 10.7 Å². The molecular weight excluding hydrogens is 292 g/mol. The van der Waals surface area contributed by atoms with E-state index in [1.165, 1.54) is 6.07 Å². The van der Waals surface area contributed by atoms with Crippen LogP contribution in [0.4, 0.5) is 0 Å². The number of halogens is 1. The lowest BCUT2D eigenvalue weighted by atomic mass is 10.3. The van der Waals surface area contributed by atoms with Crippen molar-refractivity contribution in [2.45, 2.75) is 24.7 Å². The first-order valence-electron chi connectivity index (χ1n) is 4.96. The first-order chi connectivity index (χ1) is 7.47. The highest BCUT2D eigenvalue weighted by Gasteiger charge is 2.20. The van der Waals surface area contributed by atoms with Gasteiger partial charge in [0.05, 0.1) is 4.90 Å². The molecule has 0 N–H and O–H groups in total. The van der Waals surface area contributed by atoms with Crippen molar-refractivity contribution >= 4 is 31.6 Å². The number of carbonyl (C=O) groups is 1. The smallest absolute Gasteiger partial charge is 0.186 e. The average molecular weight is 305 g/mol. The molecule has 0 amide bonds. The zero-order chi connectivity index (χ0) is 12.2. The summed E-state index contributed by atoms with van der Waals surface area (Å²) in [5, 5.41) is 0. The van der Waals surface area contributed by atoms with Gasteiger partial charge in [0.2, 0.25) is 0 Å². The van der Waals surface area contributed by atoms with E-state index in [0.29, 0.717) is 17.3 Å². The first kappa shape index (κ1) is 13.4. The van der Waals surface area contributed by atoms with Crippen LogP contribution < -0.4 is 0 Å². The molecule has 1 aromatic rings. The molecule has 0 aliphatic heterocycles. The maximum absolute atomic E-state index is 11.9. The number of ketones is 1. The molecule has 0 bridgehead atoms. The van der Waals surface area contributed by atoms with Crippen LogP contribution in [0.15, 0.2) is 33.6 Å². The third-order valence-corrected chi connectivity index (χ3v) is 4.73. The number of rotatable bonds is 5. The van der Waals surface area contributed by atoms with Crippen molar-refractivity contribution in [1.82, 2.24) is 0 Å². The SMILES string of the molecule is CCCC(=O)CS(=O)(=O)c1ccccc1Br. The lowest BCUT2D eigenvalue weighted by molar-refractivity contribution is -0.116. The standard InChI is InChI=1S/C11H13BrO3S/c1-2-5-9(13)8-16(14,15)11-7-4-3-6-10(11)12/h3-4,6-7H,2,5,8H2,1H3. The van der Waals surface area contributed by atoms with E-state index in [1.54, 1.807) is 18.2 Å². The van der Waals surface area contributed by atoms with Gasteiger partial charge in [-0.1, -0.05) is 19.1 Å². The Morgan fingerprint density at radius 2 is 1.94 bits per heavy atom. The van der Waals surface area contributed by atoms with Crippen molar-refractivity contribution in [2.24, 2.45) is 0 Å². The summed E-state index contributed by atoms with van der Waals surface area (Å²) in [7, 11) is -3.51. The fourth-order valence-electron chi connectivity index (χ4n) is 1.34. The van der Waals surface area contributed by atoms with Gasteiger partial charge in [-0.05, 0) is 34.5 Å². The molecule has 3 nitrogen and oxygen atoms in total. The van der Waals surface area contributed by atoms with Crippen LogP contribution >= 0.6 is 15.9 Å². The quantitative estimate of drug-likeness (QED) is 0.840. The first-order valence-corrected chi connectivity index (χ1v) is 7.41. The predicted octanol–water partition coefficient (Wildman–Crippen LogP) is 2.59. The number of hydrogen-bond acceptors (Lipinski definition) is 3. The molecule has 1 rings (SSSR count). The zero-order valence-corrected chi connectivity index (χ0v) is 11.3. The lowest BCUT2D eigenvalue weighted by Gasteiger charge is -2.05. The largest absolute Gasteiger partial charge is 0.299 e. The Labute approximate surface area is 104 Å². The molecule has 88 valence electrons. The molecule has 0 heterocycles. The minimum atomic E-state index is -3.51. The third-order valence-electron chi connectivity index (χ3n) is 2.05. The fraction of sp³-hybridized carbons (Fsp3) is 0.364. The van der Waals surface area contributed by atoms with E-state index in [1.807, 2.05) is 6.92 Å². The van der Waals surface area contributed by atoms with E-state index in [4.69, 9.17) is 0 Å². The molecule has 0 spiro atoms. The lowest BCUT2D eigenvalue weighted by Crippen LogP contribution is -2.16. The van der Waals surface area contributed by atoms with Crippen molar-refractivity contribution in [3.63, 3.8) is 0 Å². The monoisotopic (exact) mass is 304 g/mol. The van der Waals surface area contributed by atoms with Gasteiger partial charge in [0.25, 0.3) is 0 Å². The molecule has 5 heteroatoms. The number of benzene rings is 1. The number of carbonyl (C=O) groups excluding carboxylic acids is 1. The van der Waals surface area contributed by atoms with Crippen LogP contribution in [0.1, 0.15) is 19.8 Å². The van der Waals surface area contributed by atoms with Crippen LogP contribution in [-0.2, 0) is 14.6 Å². The van der Waals surface area contributed by atoms with Crippen molar-refractivity contribution in [3.05, 3.63) is 28.7 Å². The summed E-state index contributed by atoms with van der Waals surface area (Å²) in [5.74, 6) is -0.651. The summed E-state index contributed by atoms with van der Waals surface area (Å²) in [6.07, 6.45) is 0.980. The second-order valence-electron chi connectivity index (χ2n) is 3.48. The molecule has 16 heavy (non-hydrogen) atoms. The van der Waals surface area contributed by atoms with Crippen molar-refractivity contribution in [1.29, 1.82) is 0 Å². The summed E-state index contributed by atoms with van der Waals surface area (Å²) in [5.41, 5.74) is 0. The van der Waals surface area contributed by atoms with Crippen LogP contribution in [0.25, 0.3) is 0 Å². The van der Waals surface area contributed by atoms with Gasteiger partial charge in [-0.3, -0.25) is 4.79 Å². The van der Waals surface area contributed by atoms with Gasteiger partial charge in [-0.15, -0.1) is 0 Å². The second-order valence-corrected chi connectivity index (χ2v) is 6.29. The maximum atomic E-state index is 11.9. The fourth-order valence-corrected chi connectivity index (χ4v) is 3.74. The zero-order valence-electron chi connectivity index (χ0n) is 8.94. The normalized spacial score (nSPS) is 11.4. The van der Waals surface area contributed by atoms with Gasteiger partial charge < -0.3 is 0 Å². The predicted molar refractivity (Wildman–Crippen MR) is 66.1 cm³/mol. The number of hydrogen-bond donors (Lipinski definition) is 0. The Bertz CT molecular complexity index is 480. The van der Waals surface area contributed by atoms with Gasteiger partial charge in [0, 0.05) is 10.9 Å².